The Kier molecular flexibility index (Phi) is 2.96. The highest BCUT2D eigenvalue weighted by Gasteiger charge is 2.12. The van der Waals surface area contributed by atoms with Gasteiger partial charge in [-0.3, -0.25) is 0 Å². The summed E-state index contributed by atoms with van der Waals surface area (Å²) in [6.45, 7) is 2.13. The highest BCUT2D eigenvalue weighted by atomic mass is 15.4. The van der Waals surface area contributed by atoms with Crippen LogP contribution in [0.4, 0.5) is 5.82 Å². The Morgan fingerprint density at radius 3 is 2.50 bits per heavy atom. The average molecular weight is 289 g/mol. The highest BCUT2D eigenvalue weighted by Crippen LogP contribution is 2.26. The van der Waals surface area contributed by atoms with E-state index in [2.05, 4.69) is 45.7 Å². The highest BCUT2D eigenvalue weighted by molar-refractivity contribution is 5.99. The van der Waals surface area contributed by atoms with Crippen molar-refractivity contribution in [3.63, 3.8) is 0 Å². The summed E-state index contributed by atoms with van der Waals surface area (Å²) in [5, 5.41) is 18.3. The molecule has 2 heterocycles. The van der Waals surface area contributed by atoms with Crippen LogP contribution in [0.15, 0.2) is 60.9 Å². The molecule has 1 atom stereocenters. The maximum Gasteiger partial charge on any atom is 0.185 e. The molecule has 0 bridgehead atoms. The number of hydrogen-bond donors (Lipinski definition) is 1. The zero-order valence-electron chi connectivity index (χ0n) is 12.1. The molecule has 22 heavy (non-hydrogen) atoms. The van der Waals surface area contributed by atoms with Gasteiger partial charge in [-0.05, 0) is 12.5 Å². The normalized spacial score (nSPS) is 12.6. The molecule has 0 amide bonds. The first-order chi connectivity index (χ1) is 10.8. The van der Waals surface area contributed by atoms with Crippen LogP contribution in [0.3, 0.4) is 0 Å². The molecular weight excluding hydrogens is 274 g/mol. The van der Waals surface area contributed by atoms with E-state index in [1.54, 1.807) is 10.8 Å². The van der Waals surface area contributed by atoms with E-state index >= 15 is 0 Å². The lowest BCUT2D eigenvalue weighted by Gasteiger charge is -2.16. The van der Waals surface area contributed by atoms with E-state index in [9.17, 15) is 0 Å². The number of hydrogen-bond acceptors (Lipinski definition) is 4. The van der Waals surface area contributed by atoms with Gasteiger partial charge in [-0.15, -0.1) is 15.3 Å². The largest absolute Gasteiger partial charge is 0.362 e. The molecule has 0 fully saturated rings. The van der Waals surface area contributed by atoms with Crippen molar-refractivity contribution in [2.45, 2.75) is 13.0 Å². The molecule has 2 aromatic carbocycles. The smallest absolute Gasteiger partial charge is 0.185 e. The first-order valence-corrected chi connectivity index (χ1v) is 7.23. The summed E-state index contributed by atoms with van der Waals surface area (Å²) in [4.78, 5) is 0. The Hall–Kier alpha value is -2.95. The summed E-state index contributed by atoms with van der Waals surface area (Å²) < 4.78 is 1.71. The van der Waals surface area contributed by atoms with Gasteiger partial charge in [-0.25, -0.2) is 0 Å². The summed E-state index contributed by atoms with van der Waals surface area (Å²) in [5.41, 5.74) is 1.99. The predicted octanol–water partition coefficient (Wildman–Crippen LogP) is 3.45. The molecule has 2 aromatic heterocycles. The maximum absolute atomic E-state index is 4.61. The molecule has 1 unspecified atom stereocenters. The monoisotopic (exact) mass is 289 g/mol. The van der Waals surface area contributed by atoms with Gasteiger partial charge in [0, 0.05) is 10.8 Å². The predicted molar refractivity (Wildman–Crippen MR) is 86.8 cm³/mol. The third-order valence-electron chi connectivity index (χ3n) is 3.81. The minimum absolute atomic E-state index is 0.158. The van der Waals surface area contributed by atoms with Crippen LogP contribution < -0.4 is 5.32 Å². The summed E-state index contributed by atoms with van der Waals surface area (Å²) in [5.74, 6) is 0.833. The Morgan fingerprint density at radius 2 is 1.68 bits per heavy atom. The van der Waals surface area contributed by atoms with Crippen molar-refractivity contribution in [2.75, 3.05) is 5.32 Å². The Balaban J connectivity index is 1.83. The standard InChI is InChI=1S/C17H15N5/c1-12(13-7-3-2-4-8-13)19-16-14-9-5-6-10-15(14)17-20-18-11-22(17)21-16/h2-12H,1H3,(H,19,21). The molecule has 4 aromatic rings. The number of nitrogens with one attached hydrogen (secondary N) is 1. The van der Waals surface area contributed by atoms with Gasteiger partial charge in [-0.2, -0.15) is 4.52 Å². The number of benzene rings is 2. The molecule has 5 heteroatoms. The second kappa shape index (κ2) is 5.11. The quantitative estimate of drug-likeness (QED) is 0.627. The number of anilines is 1. The van der Waals surface area contributed by atoms with Crippen LogP contribution in [0, 0.1) is 0 Å². The van der Waals surface area contributed by atoms with Gasteiger partial charge in [0.25, 0.3) is 0 Å². The Morgan fingerprint density at radius 1 is 0.955 bits per heavy atom. The summed E-state index contributed by atoms with van der Waals surface area (Å²) in [6, 6.07) is 18.6. The molecular formula is C17H15N5. The first-order valence-electron chi connectivity index (χ1n) is 7.23. The van der Waals surface area contributed by atoms with Crippen molar-refractivity contribution in [2.24, 2.45) is 0 Å². The molecule has 5 nitrogen and oxygen atoms in total. The fraction of sp³-hybridized carbons (Fsp3) is 0.118. The fourth-order valence-corrected chi connectivity index (χ4v) is 2.66. The molecule has 0 saturated carbocycles. The number of aromatic nitrogens is 4. The van der Waals surface area contributed by atoms with Crippen molar-refractivity contribution >= 4 is 22.2 Å². The second-order valence-corrected chi connectivity index (χ2v) is 5.27. The van der Waals surface area contributed by atoms with E-state index in [1.165, 1.54) is 5.56 Å². The van der Waals surface area contributed by atoms with Crippen LogP contribution in [0.25, 0.3) is 16.4 Å². The maximum atomic E-state index is 4.61. The molecule has 1 N–H and O–H groups in total. The first kappa shape index (κ1) is 12.8. The van der Waals surface area contributed by atoms with Gasteiger partial charge in [0.15, 0.2) is 11.5 Å². The van der Waals surface area contributed by atoms with E-state index < -0.39 is 0 Å². The van der Waals surface area contributed by atoms with Crippen LogP contribution in [0.1, 0.15) is 18.5 Å². The fourth-order valence-electron chi connectivity index (χ4n) is 2.66. The Bertz CT molecular complexity index is 930. The van der Waals surface area contributed by atoms with Crippen molar-refractivity contribution in [1.82, 2.24) is 19.8 Å². The van der Waals surface area contributed by atoms with E-state index in [4.69, 9.17) is 0 Å². The van der Waals surface area contributed by atoms with E-state index in [0.717, 1.165) is 22.2 Å². The second-order valence-electron chi connectivity index (χ2n) is 5.27. The zero-order chi connectivity index (χ0) is 14.9. The van der Waals surface area contributed by atoms with E-state index in [1.807, 2.05) is 36.4 Å². The minimum atomic E-state index is 0.158. The van der Waals surface area contributed by atoms with Gasteiger partial charge in [0.1, 0.15) is 6.33 Å². The number of rotatable bonds is 3. The SMILES string of the molecule is CC(Nc1nn2cnnc2c2ccccc12)c1ccccc1. The van der Waals surface area contributed by atoms with E-state index in [0.29, 0.717) is 0 Å². The van der Waals surface area contributed by atoms with E-state index in [-0.39, 0.29) is 6.04 Å². The number of fused-ring (bicyclic) bond motifs is 3. The van der Waals surface area contributed by atoms with Crippen molar-refractivity contribution in [3.05, 3.63) is 66.5 Å². The van der Waals surface area contributed by atoms with Gasteiger partial charge >= 0.3 is 0 Å². The van der Waals surface area contributed by atoms with Gasteiger partial charge in [-0.1, -0.05) is 54.6 Å². The lowest BCUT2D eigenvalue weighted by Crippen LogP contribution is -2.10. The summed E-state index contributed by atoms with van der Waals surface area (Å²) >= 11 is 0. The summed E-state index contributed by atoms with van der Waals surface area (Å²) in [7, 11) is 0. The van der Waals surface area contributed by atoms with Gasteiger partial charge in [0.05, 0.1) is 6.04 Å². The lowest BCUT2D eigenvalue weighted by atomic mass is 10.1. The third-order valence-corrected chi connectivity index (χ3v) is 3.81. The number of nitrogens with zero attached hydrogens (tertiary/aromatic N) is 4. The minimum Gasteiger partial charge on any atom is -0.362 e. The summed E-state index contributed by atoms with van der Waals surface area (Å²) in [6.07, 6.45) is 1.63. The average Bonchev–Trinajstić information content (AvgIpc) is 3.04. The van der Waals surface area contributed by atoms with Crippen LogP contribution in [-0.4, -0.2) is 19.8 Å². The molecule has 0 aliphatic heterocycles. The van der Waals surface area contributed by atoms with Crippen molar-refractivity contribution in [3.8, 4) is 0 Å². The molecule has 108 valence electrons. The topological polar surface area (TPSA) is 55.1 Å². The Labute approximate surface area is 127 Å². The molecule has 0 spiro atoms. The van der Waals surface area contributed by atoms with Gasteiger partial charge < -0.3 is 5.32 Å². The molecule has 0 aliphatic carbocycles. The van der Waals surface area contributed by atoms with Crippen LogP contribution in [0.5, 0.6) is 0 Å². The van der Waals surface area contributed by atoms with Crippen LogP contribution >= 0.6 is 0 Å². The molecule has 4 rings (SSSR count). The lowest BCUT2D eigenvalue weighted by molar-refractivity contribution is 0.850. The molecule has 0 saturated heterocycles. The van der Waals surface area contributed by atoms with Crippen molar-refractivity contribution in [1.29, 1.82) is 0 Å². The van der Waals surface area contributed by atoms with Crippen LogP contribution in [0.2, 0.25) is 0 Å². The molecule has 0 radical (unpaired) electrons. The van der Waals surface area contributed by atoms with Crippen molar-refractivity contribution < 1.29 is 0 Å². The zero-order valence-corrected chi connectivity index (χ0v) is 12.1. The van der Waals surface area contributed by atoms with Crippen LogP contribution in [-0.2, 0) is 0 Å². The molecule has 0 aliphatic rings. The third kappa shape index (κ3) is 2.07. The van der Waals surface area contributed by atoms with Gasteiger partial charge in [0.2, 0.25) is 0 Å².